The van der Waals surface area contributed by atoms with Crippen LogP contribution in [-0.2, 0) is 65.4 Å². The van der Waals surface area contributed by atoms with Crippen molar-refractivity contribution in [2.75, 3.05) is 39.6 Å². The highest BCUT2D eigenvalue weighted by atomic mass is 31.2. The molecule has 0 radical (unpaired) electrons. The monoisotopic (exact) mass is 1460 g/mol. The quantitative estimate of drug-likeness (QED) is 0.0169. The first kappa shape index (κ1) is 97.5. The minimum absolute atomic E-state index is 0.0852. The fourth-order valence-corrected chi connectivity index (χ4v) is 13.5. The van der Waals surface area contributed by atoms with Crippen LogP contribution in [0.4, 0.5) is 0 Å². The standard InChI is InChI=1S/C81H154O17P2/c1-8-11-12-13-14-15-16-17-22-27-30-33-43-50-57-64-80(85)97-76(68-91-78(83)62-55-48-41-32-29-26-24-21-19-18-20-23-25-28-31-39-46-53-60-73(6)9-2)70-95-99(87,88)93-66-75(82)67-94-100(89,90)96-71-77(69-92-79(84)63-56-49-42-36-34-38-45-52-59-72(4)5)98-81(86)65-58-51-44-37-35-40-47-54-61-74(7)10-3/h15-17,22,72-77,82H,8-14,18-21,23-71H2,1-7H3,(H,87,88)(H,89,90)/b16-15-,22-17-/t73?,74?,75?,76-,77-/m1/s1. The zero-order chi connectivity index (χ0) is 73.7. The van der Waals surface area contributed by atoms with Gasteiger partial charge in [-0.15, -0.1) is 0 Å². The second-order valence-electron chi connectivity index (χ2n) is 29.4. The Morgan fingerprint density at radius 1 is 0.330 bits per heavy atom. The van der Waals surface area contributed by atoms with Crippen molar-refractivity contribution in [2.45, 2.75) is 414 Å². The largest absolute Gasteiger partial charge is 0.472 e. The van der Waals surface area contributed by atoms with E-state index < -0.39 is 97.5 Å². The minimum atomic E-state index is -4.97. The fraction of sp³-hybridized carbons (Fsp3) is 0.901. The van der Waals surface area contributed by atoms with Crippen molar-refractivity contribution in [3.8, 4) is 0 Å². The number of allylic oxidation sites excluding steroid dienone is 4. The van der Waals surface area contributed by atoms with E-state index >= 15 is 0 Å². The molecule has 0 aromatic carbocycles. The number of carbonyl (C=O) groups is 4. The summed E-state index contributed by atoms with van der Waals surface area (Å²) in [5, 5.41) is 10.6. The lowest BCUT2D eigenvalue weighted by Gasteiger charge is -2.21. The maximum atomic E-state index is 13.1. The Kier molecular flexibility index (Phi) is 69.1. The SMILES string of the molecule is CCCCCC/C=C\C=C/CCCCCCCC(=O)O[C@H](COC(=O)CCCCCCCCCCCCCCCCCCCCC(C)CC)COP(=O)(O)OCC(O)COP(=O)(O)OC[C@@H](COC(=O)CCCCCCCCCCC(C)C)OC(=O)CCCCCCCCCCC(C)CC. The summed E-state index contributed by atoms with van der Waals surface area (Å²) in [5.74, 6) is 0.220. The van der Waals surface area contributed by atoms with E-state index in [0.29, 0.717) is 25.7 Å². The third-order valence-corrected chi connectivity index (χ3v) is 20.9. The zero-order valence-corrected chi connectivity index (χ0v) is 66.9. The number of phosphoric ester groups is 2. The molecule has 0 rings (SSSR count). The summed E-state index contributed by atoms with van der Waals surface area (Å²) in [4.78, 5) is 72.9. The first-order chi connectivity index (χ1) is 48.3. The van der Waals surface area contributed by atoms with E-state index in [2.05, 4.69) is 72.8 Å². The van der Waals surface area contributed by atoms with Gasteiger partial charge in [-0.25, -0.2) is 9.13 Å². The molecule has 17 nitrogen and oxygen atoms in total. The summed E-state index contributed by atoms with van der Waals surface area (Å²) in [6.45, 7) is 11.9. The van der Waals surface area contributed by atoms with Gasteiger partial charge in [-0.3, -0.25) is 37.3 Å². The maximum Gasteiger partial charge on any atom is 0.472 e. The number of aliphatic hydroxyl groups is 1. The molecule has 0 saturated carbocycles. The predicted molar refractivity (Wildman–Crippen MR) is 409 cm³/mol. The van der Waals surface area contributed by atoms with Gasteiger partial charge in [0.25, 0.3) is 0 Å². The Hall–Kier alpha value is -2.46. The Labute approximate surface area is 612 Å². The number of ether oxygens (including phenoxy) is 4. The molecule has 0 amide bonds. The van der Waals surface area contributed by atoms with Crippen LogP contribution in [-0.4, -0.2) is 96.7 Å². The van der Waals surface area contributed by atoms with Crippen LogP contribution in [0.2, 0.25) is 0 Å². The highest BCUT2D eigenvalue weighted by molar-refractivity contribution is 7.47. The molecule has 0 heterocycles. The van der Waals surface area contributed by atoms with Crippen molar-refractivity contribution in [1.82, 2.24) is 0 Å². The van der Waals surface area contributed by atoms with Crippen LogP contribution in [0.15, 0.2) is 24.3 Å². The van der Waals surface area contributed by atoms with Gasteiger partial charge in [0.2, 0.25) is 0 Å². The average molecular weight is 1460 g/mol. The Bertz CT molecular complexity index is 2040. The van der Waals surface area contributed by atoms with Crippen LogP contribution in [0.3, 0.4) is 0 Å². The van der Waals surface area contributed by atoms with Crippen molar-refractivity contribution in [2.24, 2.45) is 17.8 Å². The molecule has 0 aromatic heterocycles. The van der Waals surface area contributed by atoms with E-state index in [9.17, 15) is 43.2 Å². The number of esters is 4. The van der Waals surface area contributed by atoms with Gasteiger partial charge in [0.05, 0.1) is 26.4 Å². The summed E-state index contributed by atoms with van der Waals surface area (Å²) in [5.41, 5.74) is 0. The van der Waals surface area contributed by atoms with Crippen LogP contribution >= 0.6 is 15.6 Å². The van der Waals surface area contributed by atoms with Crippen molar-refractivity contribution >= 4 is 39.5 Å². The molecule has 19 heteroatoms. The molecule has 100 heavy (non-hydrogen) atoms. The molecule has 0 fully saturated rings. The summed E-state index contributed by atoms with van der Waals surface area (Å²) in [6, 6.07) is 0. The van der Waals surface area contributed by atoms with Gasteiger partial charge >= 0.3 is 39.5 Å². The van der Waals surface area contributed by atoms with Gasteiger partial charge in [0.15, 0.2) is 12.2 Å². The summed E-state index contributed by atoms with van der Waals surface area (Å²) in [6.07, 6.45) is 61.9. The van der Waals surface area contributed by atoms with E-state index in [-0.39, 0.29) is 25.7 Å². The van der Waals surface area contributed by atoms with Crippen LogP contribution in [0.1, 0.15) is 395 Å². The van der Waals surface area contributed by atoms with Crippen molar-refractivity contribution < 1.29 is 80.2 Å². The molecule has 590 valence electrons. The number of phosphoric acid groups is 2. The molecule has 0 spiro atoms. The van der Waals surface area contributed by atoms with E-state index in [4.69, 9.17) is 37.0 Å². The number of carbonyl (C=O) groups excluding carboxylic acids is 4. The molecular weight excluding hydrogens is 1310 g/mol. The molecule has 0 aromatic rings. The highest BCUT2D eigenvalue weighted by Crippen LogP contribution is 2.45. The van der Waals surface area contributed by atoms with Gasteiger partial charge < -0.3 is 33.8 Å². The molecule has 0 aliphatic heterocycles. The smallest absolute Gasteiger partial charge is 0.462 e. The van der Waals surface area contributed by atoms with Gasteiger partial charge in [-0.05, 0) is 69.1 Å². The van der Waals surface area contributed by atoms with Gasteiger partial charge in [0.1, 0.15) is 19.3 Å². The number of hydrogen-bond acceptors (Lipinski definition) is 15. The molecule has 0 bridgehead atoms. The Balaban J connectivity index is 5.23. The van der Waals surface area contributed by atoms with Crippen molar-refractivity contribution in [1.29, 1.82) is 0 Å². The summed E-state index contributed by atoms with van der Waals surface area (Å²) in [7, 11) is -9.93. The van der Waals surface area contributed by atoms with Crippen molar-refractivity contribution in [3.63, 3.8) is 0 Å². The number of unbranched alkanes of at least 4 members (excludes halogenated alkanes) is 40. The van der Waals surface area contributed by atoms with Crippen molar-refractivity contribution in [3.05, 3.63) is 24.3 Å². The van der Waals surface area contributed by atoms with Gasteiger partial charge in [0, 0.05) is 25.7 Å². The molecule has 0 aliphatic rings. The topological polar surface area (TPSA) is 237 Å². The second-order valence-corrected chi connectivity index (χ2v) is 32.3. The Morgan fingerprint density at radius 3 is 0.890 bits per heavy atom. The predicted octanol–water partition coefficient (Wildman–Crippen LogP) is 23.7. The molecule has 0 saturated heterocycles. The van der Waals surface area contributed by atoms with E-state index in [0.717, 1.165) is 120 Å². The molecule has 5 unspecified atom stereocenters. The lowest BCUT2D eigenvalue weighted by molar-refractivity contribution is -0.161. The molecule has 0 aliphatic carbocycles. The van der Waals surface area contributed by atoms with Crippen LogP contribution in [0, 0.1) is 17.8 Å². The third kappa shape index (κ3) is 71.2. The Morgan fingerprint density at radius 2 is 0.590 bits per heavy atom. The number of hydrogen-bond donors (Lipinski definition) is 3. The first-order valence-electron chi connectivity index (χ1n) is 41.2. The first-order valence-corrected chi connectivity index (χ1v) is 44.2. The van der Waals surface area contributed by atoms with E-state index in [1.165, 1.54) is 193 Å². The van der Waals surface area contributed by atoms with Crippen LogP contribution < -0.4 is 0 Å². The highest BCUT2D eigenvalue weighted by Gasteiger charge is 2.30. The summed E-state index contributed by atoms with van der Waals surface area (Å²) >= 11 is 0. The molecule has 3 N–H and O–H groups in total. The lowest BCUT2D eigenvalue weighted by atomic mass is 9.99. The van der Waals surface area contributed by atoms with Crippen LogP contribution in [0.5, 0.6) is 0 Å². The van der Waals surface area contributed by atoms with E-state index in [1.807, 2.05) is 0 Å². The van der Waals surface area contributed by atoms with Gasteiger partial charge in [-0.2, -0.15) is 0 Å². The van der Waals surface area contributed by atoms with E-state index in [1.54, 1.807) is 0 Å². The maximum absolute atomic E-state index is 13.1. The fourth-order valence-electron chi connectivity index (χ4n) is 11.9. The lowest BCUT2D eigenvalue weighted by Crippen LogP contribution is -2.30. The minimum Gasteiger partial charge on any atom is -0.462 e. The zero-order valence-electron chi connectivity index (χ0n) is 65.2. The number of rotatable bonds is 77. The van der Waals surface area contributed by atoms with Crippen LogP contribution in [0.25, 0.3) is 0 Å². The average Bonchev–Trinajstić information content (AvgIpc) is 0.915. The van der Waals surface area contributed by atoms with Gasteiger partial charge in [-0.1, -0.05) is 342 Å². The second kappa shape index (κ2) is 70.8. The molecule has 7 atom stereocenters. The molecular formula is C81H154O17P2. The summed E-state index contributed by atoms with van der Waals surface area (Å²) < 4.78 is 68.6. The number of aliphatic hydroxyl groups excluding tert-OH is 1. The normalized spacial score (nSPS) is 14.7. The third-order valence-electron chi connectivity index (χ3n) is 19.0.